The molecule has 0 aliphatic carbocycles. The van der Waals surface area contributed by atoms with Crippen LogP contribution in [0.5, 0.6) is 5.75 Å². The van der Waals surface area contributed by atoms with Crippen LogP contribution in [0.2, 0.25) is 18.6 Å². The number of aryl methyl sites for hydroxylation is 1. The SMILES string of the molecule is COc1ccc(C(=O)Nc2ccc3c(c2)[C@]2(O[C@@H](CCn4cc([C@H](O)c5ccccc5)nn4)[C@H]([Si](C)(C)F)[C@H]2C)C(=O)N3Cc2ccccc2)cc1. The summed E-state index contributed by atoms with van der Waals surface area (Å²) in [5.41, 5.74) is 2.24. The van der Waals surface area contributed by atoms with Gasteiger partial charge in [-0.1, -0.05) is 72.8 Å². The van der Waals surface area contributed by atoms with E-state index < -0.39 is 37.7 Å². The summed E-state index contributed by atoms with van der Waals surface area (Å²) in [7, 11) is -1.87. The first kappa shape index (κ1) is 35.2. The van der Waals surface area contributed by atoms with E-state index in [2.05, 4.69) is 15.6 Å². The smallest absolute Gasteiger partial charge is 0.264 e. The van der Waals surface area contributed by atoms with Gasteiger partial charge in [-0.3, -0.25) is 14.3 Å². The number of carbonyl (C=O) groups excluding carboxylic acids is 2. The second-order valence-electron chi connectivity index (χ2n) is 14.1. The van der Waals surface area contributed by atoms with Crippen LogP contribution in [0.15, 0.2) is 109 Å². The number of anilines is 2. The molecule has 5 atom stereocenters. The summed E-state index contributed by atoms with van der Waals surface area (Å²) < 4.78 is 30.3. The van der Waals surface area contributed by atoms with Crippen molar-refractivity contribution >= 4 is 31.6 Å². The summed E-state index contributed by atoms with van der Waals surface area (Å²) >= 11 is 0. The Morgan fingerprint density at radius 3 is 2.40 bits per heavy atom. The van der Waals surface area contributed by atoms with Crippen molar-refractivity contribution < 1.29 is 28.3 Å². The van der Waals surface area contributed by atoms with Crippen LogP contribution in [-0.2, 0) is 28.2 Å². The molecule has 1 saturated heterocycles. The lowest BCUT2D eigenvalue weighted by atomic mass is 9.82. The lowest BCUT2D eigenvalue weighted by Gasteiger charge is -2.31. The van der Waals surface area contributed by atoms with Crippen LogP contribution in [0.1, 0.15) is 52.2 Å². The lowest BCUT2D eigenvalue weighted by Crippen LogP contribution is -2.45. The van der Waals surface area contributed by atoms with Crippen molar-refractivity contribution in [3.63, 3.8) is 0 Å². The van der Waals surface area contributed by atoms with Gasteiger partial charge in [-0.05, 0) is 73.1 Å². The maximum absolute atomic E-state index is 16.5. The maximum atomic E-state index is 16.5. The van der Waals surface area contributed by atoms with Gasteiger partial charge < -0.3 is 28.9 Å². The van der Waals surface area contributed by atoms with Crippen LogP contribution < -0.4 is 15.0 Å². The third kappa shape index (κ3) is 6.53. The molecule has 7 rings (SSSR count). The number of carbonyl (C=O) groups is 2. The van der Waals surface area contributed by atoms with Gasteiger partial charge in [-0.15, -0.1) is 5.10 Å². The van der Waals surface area contributed by atoms with Crippen molar-refractivity contribution in [2.75, 3.05) is 17.3 Å². The predicted molar refractivity (Wildman–Crippen MR) is 198 cm³/mol. The van der Waals surface area contributed by atoms with Crippen LogP contribution in [0.4, 0.5) is 15.5 Å². The minimum absolute atomic E-state index is 0.253. The number of hydrogen-bond acceptors (Lipinski definition) is 7. The summed E-state index contributed by atoms with van der Waals surface area (Å²) in [5.74, 6) is -0.453. The van der Waals surface area contributed by atoms with Crippen LogP contribution in [0.25, 0.3) is 0 Å². The summed E-state index contributed by atoms with van der Waals surface area (Å²) in [5, 5.41) is 22.3. The summed E-state index contributed by atoms with van der Waals surface area (Å²) in [4.78, 5) is 29.9. The molecule has 2 N–H and O–H groups in total. The Morgan fingerprint density at radius 2 is 1.73 bits per heavy atom. The number of aliphatic hydroxyl groups excluding tert-OH is 1. The third-order valence-electron chi connectivity index (χ3n) is 10.3. The fourth-order valence-electron chi connectivity index (χ4n) is 7.88. The van der Waals surface area contributed by atoms with Gasteiger partial charge in [0.1, 0.15) is 17.5 Å². The Hall–Kier alpha value is -5.17. The van der Waals surface area contributed by atoms with E-state index in [1.165, 1.54) is 0 Å². The Balaban J connectivity index is 1.21. The molecule has 0 bridgehead atoms. The standard InChI is InChI=1S/C40H42FN5O5Si/c1-26-37(52(3,4)41)35(21-22-45-25-33(43-44-45)36(47)28-13-9-6-10-14-28)51-40(26)32-23-30(42-38(48)29-15-18-31(50-2)19-16-29)17-20-34(32)46(39(40)49)24-27-11-7-5-8-12-27/h5-20,23,25-26,35-37,47H,21-22,24H2,1-4H3,(H,42,48)/t26-,35+,36-,37-,40+/m1/s1. The number of benzene rings is 4. The molecule has 2 aliphatic heterocycles. The zero-order valence-electron chi connectivity index (χ0n) is 29.6. The van der Waals surface area contributed by atoms with Gasteiger partial charge in [0.05, 0.1) is 31.6 Å². The van der Waals surface area contributed by atoms with E-state index in [9.17, 15) is 14.7 Å². The lowest BCUT2D eigenvalue weighted by molar-refractivity contribution is -0.146. The highest BCUT2D eigenvalue weighted by atomic mass is 28.4. The molecule has 12 heteroatoms. The minimum Gasteiger partial charge on any atom is -0.497 e. The van der Waals surface area contributed by atoms with E-state index in [0.717, 1.165) is 5.56 Å². The predicted octanol–water partition coefficient (Wildman–Crippen LogP) is 7.03. The van der Waals surface area contributed by atoms with Gasteiger partial charge in [0.2, 0.25) is 8.41 Å². The molecule has 1 fully saturated rings. The maximum Gasteiger partial charge on any atom is 0.264 e. The van der Waals surface area contributed by atoms with Gasteiger partial charge >= 0.3 is 0 Å². The van der Waals surface area contributed by atoms with E-state index in [1.54, 1.807) is 72.4 Å². The number of ether oxygens (including phenoxy) is 2. The largest absolute Gasteiger partial charge is 0.497 e. The highest BCUT2D eigenvalue weighted by Crippen LogP contribution is 2.60. The summed E-state index contributed by atoms with van der Waals surface area (Å²) in [6, 6.07) is 31.1. The van der Waals surface area contributed by atoms with E-state index in [0.29, 0.717) is 59.0 Å². The van der Waals surface area contributed by atoms with Gasteiger partial charge in [-0.2, -0.15) is 0 Å². The molecule has 268 valence electrons. The van der Waals surface area contributed by atoms with Crippen molar-refractivity contribution in [3.05, 3.63) is 137 Å². The number of methoxy groups -OCH3 is 1. The molecule has 0 radical (unpaired) electrons. The monoisotopic (exact) mass is 719 g/mol. The number of halogens is 1. The van der Waals surface area contributed by atoms with E-state index in [4.69, 9.17) is 9.47 Å². The molecular weight excluding hydrogens is 678 g/mol. The summed E-state index contributed by atoms with van der Waals surface area (Å²) in [6.07, 6.45) is 0.512. The van der Waals surface area contributed by atoms with Crippen molar-refractivity contribution in [1.29, 1.82) is 0 Å². The first-order valence-electron chi connectivity index (χ1n) is 17.4. The van der Waals surface area contributed by atoms with E-state index in [-0.39, 0.29) is 11.8 Å². The quantitative estimate of drug-likeness (QED) is 0.111. The second kappa shape index (κ2) is 14.1. The van der Waals surface area contributed by atoms with E-state index >= 15 is 4.11 Å². The topological polar surface area (TPSA) is 119 Å². The van der Waals surface area contributed by atoms with Crippen molar-refractivity contribution in [3.8, 4) is 5.75 Å². The number of nitrogens with one attached hydrogen (secondary N) is 1. The third-order valence-corrected chi connectivity index (χ3v) is 12.8. The molecule has 10 nitrogen and oxygen atoms in total. The van der Waals surface area contributed by atoms with Gasteiger partial charge in [0, 0.05) is 34.8 Å². The van der Waals surface area contributed by atoms with Gasteiger partial charge in [0.25, 0.3) is 11.8 Å². The van der Waals surface area contributed by atoms with Gasteiger partial charge in [0.15, 0.2) is 5.60 Å². The molecule has 4 aromatic carbocycles. The zero-order valence-corrected chi connectivity index (χ0v) is 30.6. The summed E-state index contributed by atoms with van der Waals surface area (Å²) in [6.45, 7) is 5.90. The molecule has 2 amide bonds. The Labute approximate surface area is 303 Å². The molecule has 0 saturated carbocycles. The fourth-order valence-corrected chi connectivity index (χ4v) is 10.4. The number of amides is 2. The highest BCUT2D eigenvalue weighted by molar-refractivity contribution is 6.72. The number of fused-ring (bicyclic) bond motifs is 2. The molecule has 2 aliphatic rings. The molecule has 0 unspecified atom stereocenters. The molecule has 1 aromatic heterocycles. The number of aliphatic hydroxyl groups is 1. The molecule has 5 aromatic rings. The second-order valence-corrected chi connectivity index (χ2v) is 17.9. The van der Waals surface area contributed by atoms with Crippen LogP contribution in [0, 0.1) is 5.92 Å². The van der Waals surface area contributed by atoms with Crippen LogP contribution >= 0.6 is 0 Å². The number of hydrogen-bond donors (Lipinski definition) is 2. The first-order valence-corrected chi connectivity index (χ1v) is 20.4. The average Bonchev–Trinajstić information content (AvgIpc) is 3.81. The molecule has 52 heavy (non-hydrogen) atoms. The fraction of sp³-hybridized carbons (Fsp3) is 0.300. The van der Waals surface area contributed by atoms with Crippen molar-refractivity contribution in [2.24, 2.45) is 5.92 Å². The Morgan fingerprint density at radius 1 is 1.04 bits per heavy atom. The molecule has 1 spiro atoms. The zero-order chi connectivity index (χ0) is 36.6. The molecular formula is C40H42FN5O5Si. The van der Waals surface area contributed by atoms with E-state index in [1.807, 2.05) is 73.7 Å². The number of nitrogens with zero attached hydrogens (tertiary/aromatic N) is 4. The number of rotatable bonds is 11. The minimum atomic E-state index is -3.44. The average molecular weight is 720 g/mol. The van der Waals surface area contributed by atoms with Crippen LogP contribution in [0.3, 0.4) is 0 Å². The normalized spacial score (nSPS) is 21.7. The highest BCUT2D eigenvalue weighted by Gasteiger charge is 2.66. The van der Waals surface area contributed by atoms with Crippen molar-refractivity contribution in [1.82, 2.24) is 15.0 Å². The Bertz CT molecular complexity index is 2060. The first-order chi connectivity index (χ1) is 25.0. The van der Waals surface area contributed by atoms with Crippen molar-refractivity contribution in [2.45, 2.75) is 62.9 Å². The van der Waals surface area contributed by atoms with Crippen LogP contribution in [-0.4, -0.2) is 53.5 Å². The van der Waals surface area contributed by atoms with Gasteiger partial charge in [-0.25, -0.2) is 0 Å². The Kier molecular flexibility index (Phi) is 9.55. The molecule has 3 heterocycles. The number of aromatic nitrogens is 3.